The van der Waals surface area contributed by atoms with Gasteiger partial charge in [0.05, 0.1) is 17.6 Å². The predicted molar refractivity (Wildman–Crippen MR) is 71.2 cm³/mol. The zero-order chi connectivity index (χ0) is 17.1. The van der Waals surface area contributed by atoms with Crippen molar-refractivity contribution in [2.45, 2.75) is 26.3 Å². The van der Waals surface area contributed by atoms with E-state index in [9.17, 15) is 28.5 Å². The summed E-state index contributed by atoms with van der Waals surface area (Å²) in [6.07, 6.45) is 0. The van der Waals surface area contributed by atoms with E-state index < -0.39 is 45.2 Å². The van der Waals surface area contributed by atoms with Gasteiger partial charge in [-0.25, -0.2) is 13.6 Å². The first-order chi connectivity index (χ1) is 10.1. The number of hydrogen-bond donors (Lipinski definition) is 1. The van der Waals surface area contributed by atoms with Crippen molar-refractivity contribution in [2.75, 3.05) is 6.61 Å². The third-order valence-electron chi connectivity index (χ3n) is 2.69. The van der Waals surface area contributed by atoms with Crippen molar-refractivity contribution in [2.24, 2.45) is 0 Å². The Kier molecular flexibility index (Phi) is 5.13. The number of nitro benzene ring substituents is 1. The molecule has 0 aromatic heterocycles. The van der Waals surface area contributed by atoms with E-state index in [-0.39, 0.29) is 6.61 Å². The fourth-order valence-electron chi connectivity index (χ4n) is 1.58. The van der Waals surface area contributed by atoms with Gasteiger partial charge in [0.1, 0.15) is 11.1 Å². The second-order valence-electron chi connectivity index (χ2n) is 4.84. The van der Waals surface area contributed by atoms with Gasteiger partial charge in [-0.15, -0.1) is 0 Å². The number of halogens is 2. The van der Waals surface area contributed by atoms with E-state index >= 15 is 0 Å². The maximum atomic E-state index is 13.2. The molecule has 0 aliphatic heterocycles. The minimum atomic E-state index is -1.49. The summed E-state index contributed by atoms with van der Waals surface area (Å²) < 4.78 is 31.0. The number of benzene rings is 1. The third kappa shape index (κ3) is 3.74. The van der Waals surface area contributed by atoms with Gasteiger partial charge in [-0.05, 0) is 26.8 Å². The third-order valence-corrected chi connectivity index (χ3v) is 2.69. The monoisotopic (exact) mass is 316 g/mol. The van der Waals surface area contributed by atoms with Gasteiger partial charge in [0.2, 0.25) is 0 Å². The topological polar surface area (TPSA) is 98.5 Å². The molecule has 0 heterocycles. The van der Waals surface area contributed by atoms with Crippen molar-refractivity contribution < 1.29 is 28.0 Å². The molecule has 9 heteroatoms. The van der Waals surface area contributed by atoms with Crippen LogP contribution in [-0.2, 0) is 9.53 Å². The van der Waals surface area contributed by atoms with Gasteiger partial charge in [-0.1, -0.05) is 0 Å². The number of esters is 1. The normalized spacial score (nSPS) is 11.0. The number of nitrogens with one attached hydrogen (secondary N) is 1. The molecule has 1 aromatic rings. The molecule has 7 nitrogen and oxygen atoms in total. The molecule has 22 heavy (non-hydrogen) atoms. The molecule has 0 aliphatic rings. The van der Waals surface area contributed by atoms with Crippen LogP contribution in [0.5, 0.6) is 0 Å². The van der Waals surface area contributed by atoms with Crippen LogP contribution in [0.3, 0.4) is 0 Å². The van der Waals surface area contributed by atoms with Crippen molar-refractivity contribution in [3.8, 4) is 0 Å². The Morgan fingerprint density at radius 1 is 1.32 bits per heavy atom. The molecule has 1 aromatic carbocycles. The molecule has 0 radical (unpaired) electrons. The molecule has 1 rings (SSSR count). The van der Waals surface area contributed by atoms with Gasteiger partial charge in [0.15, 0.2) is 11.6 Å². The number of nitrogens with zero attached hydrogens (tertiary/aromatic N) is 1. The Labute approximate surface area is 124 Å². The first kappa shape index (κ1) is 17.5. The summed E-state index contributed by atoms with van der Waals surface area (Å²) >= 11 is 0. The van der Waals surface area contributed by atoms with Crippen molar-refractivity contribution in [1.82, 2.24) is 5.32 Å². The van der Waals surface area contributed by atoms with Gasteiger partial charge in [-0.2, -0.15) is 0 Å². The summed E-state index contributed by atoms with van der Waals surface area (Å²) in [7, 11) is 0. The highest BCUT2D eigenvalue weighted by Crippen LogP contribution is 2.23. The quantitative estimate of drug-likeness (QED) is 0.508. The van der Waals surface area contributed by atoms with Crippen molar-refractivity contribution >= 4 is 17.6 Å². The highest BCUT2D eigenvalue weighted by molar-refractivity contribution is 6.01. The number of amides is 1. The minimum Gasteiger partial charge on any atom is -0.464 e. The lowest BCUT2D eigenvalue weighted by molar-refractivity contribution is -0.385. The van der Waals surface area contributed by atoms with Crippen molar-refractivity contribution in [3.63, 3.8) is 0 Å². The Balaban J connectivity index is 3.16. The van der Waals surface area contributed by atoms with Crippen LogP contribution in [-0.4, -0.2) is 28.9 Å². The summed E-state index contributed by atoms with van der Waals surface area (Å²) in [6, 6.07) is 0.714. The molecule has 0 spiro atoms. The molecule has 1 amide bonds. The molecule has 0 atom stereocenters. The second-order valence-corrected chi connectivity index (χ2v) is 4.84. The molecule has 0 bridgehead atoms. The smallest absolute Gasteiger partial charge is 0.331 e. The summed E-state index contributed by atoms with van der Waals surface area (Å²) in [5.41, 5.74) is -3.09. The first-order valence-corrected chi connectivity index (χ1v) is 6.23. The predicted octanol–water partition coefficient (Wildman–Crippen LogP) is 1.94. The van der Waals surface area contributed by atoms with Crippen molar-refractivity contribution in [1.29, 1.82) is 0 Å². The van der Waals surface area contributed by atoms with E-state index in [0.717, 1.165) is 0 Å². The first-order valence-electron chi connectivity index (χ1n) is 6.23. The molecule has 1 N–H and O–H groups in total. The summed E-state index contributed by atoms with van der Waals surface area (Å²) in [6.45, 7) is 4.27. The molecule has 0 unspecified atom stereocenters. The van der Waals surface area contributed by atoms with E-state index in [1.807, 2.05) is 0 Å². The fraction of sp³-hybridized carbons (Fsp3) is 0.385. The van der Waals surface area contributed by atoms with Crippen LogP contribution in [0.4, 0.5) is 14.5 Å². The molecular formula is C13H14F2N2O5. The van der Waals surface area contributed by atoms with Crippen LogP contribution in [0.1, 0.15) is 31.1 Å². The van der Waals surface area contributed by atoms with Gasteiger partial charge in [-0.3, -0.25) is 14.9 Å². The van der Waals surface area contributed by atoms with Gasteiger partial charge >= 0.3 is 5.97 Å². The highest BCUT2D eigenvalue weighted by Gasteiger charge is 2.34. The Morgan fingerprint density at radius 2 is 1.86 bits per heavy atom. The van der Waals surface area contributed by atoms with E-state index in [1.54, 1.807) is 6.92 Å². The zero-order valence-electron chi connectivity index (χ0n) is 12.1. The van der Waals surface area contributed by atoms with E-state index in [0.29, 0.717) is 12.1 Å². The molecule has 120 valence electrons. The number of carbonyl (C=O) groups excluding carboxylic acids is 2. The largest absolute Gasteiger partial charge is 0.464 e. The summed E-state index contributed by atoms with van der Waals surface area (Å²) in [5.74, 6) is -4.73. The SMILES string of the molecule is CCOC(=O)C(C)(C)NC(=O)c1cc(F)c(F)cc1[N+](=O)[O-]. The van der Waals surface area contributed by atoms with E-state index in [4.69, 9.17) is 4.74 Å². The average Bonchev–Trinajstić information content (AvgIpc) is 2.40. The van der Waals surface area contributed by atoms with Crippen LogP contribution in [0.2, 0.25) is 0 Å². The molecule has 0 saturated carbocycles. The van der Waals surface area contributed by atoms with Crippen LogP contribution in [0.25, 0.3) is 0 Å². The van der Waals surface area contributed by atoms with Crippen LogP contribution < -0.4 is 5.32 Å². The zero-order valence-corrected chi connectivity index (χ0v) is 12.1. The second kappa shape index (κ2) is 6.46. The number of hydrogen-bond acceptors (Lipinski definition) is 5. The van der Waals surface area contributed by atoms with Crippen LogP contribution >= 0.6 is 0 Å². The number of nitro groups is 1. The molecular weight excluding hydrogens is 302 g/mol. The van der Waals surface area contributed by atoms with E-state index in [2.05, 4.69) is 5.32 Å². The maximum Gasteiger partial charge on any atom is 0.331 e. The van der Waals surface area contributed by atoms with Gasteiger partial charge in [0, 0.05) is 0 Å². The highest BCUT2D eigenvalue weighted by atomic mass is 19.2. The van der Waals surface area contributed by atoms with Crippen LogP contribution in [0.15, 0.2) is 12.1 Å². The molecule has 0 aliphatic carbocycles. The van der Waals surface area contributed by atoms with E-state index in [1.165, 1.54) is 13.8 Å². The lowest BCUT2D eigenvalue weighted by Crippen LogP contribution is -2.50. The number of carbonyl (C=O) groups is 2. The van der Waals surface area contributed by atoms with Gasteiger partial charge in [0.25, 0.3) is 11.6 Å². The lowest BCUT2D eigenvalue weighted by atomic mass is 10.0. The fourth-order valence-corrected chi connectivity index (χ4v) is 1.58. The maximum absolute atomic E-state index is 13.2. The number of ether oxygens (including phenoxy) is 1. The van der Waals surface area contributed by atoms with Crippen molar-refractivity contribution in [3.05, 3.63) is 39.4 Å². The molecule has 0 fully saturated rings. The molecule has 0 saturated heterocycles. The Hall–Kier alpha value is -2.58. The summed E-state index contributed by atoms with van der Waals surface area (Å²) in [5, 5.41) is 13.0. The number of rotatable bonds is 5. The van der Waals surface area contributed by atoms with Gasteiger partial charge < -0.3 is 10.1 Å². The minimum absolute atomic E-state index is 0.0729. The Bertz CT molecular complexity index is 631. The lowest BCUT2D eigenvalue weighted by Gasteiger charge is -2.23. The standard InChI is InChI=1S/C13H14F2N2O5/c1-4-22-12(19)13(2,3)16-11(18)7-5-8(14)9(15)6-10(7)17(20)21/h5-6H,4H2,1-3H3,(H,16,18). The van der Waals surface area contributed by atoms with Crippen LogP contribution in [0, 0.1) is 21.7 Å². The Morgan fingerprint density at radius 3 is 2.36 bits per heavy atom. The average molecular weight is 316 g/mol. The summed E-state index contributed by atoms with van der Waals surface area (Å²) in [4.78, 5) is 33.5.